The number of rotatable bonds is 39. The topological polar surface area (TPSA) is 108 Å². The van der Waals surface area contributed by atoms with Crippen molar-refractivity contribution in [2.75, 3.05) is 47.5 Å². The van der Waals surface area contributed by atoms with E-state index in [1.807, 2.05) is 21.1 Å². The molecule has 0 spiro atoms. The Morgan fingerprint density at radius 2 is 0.962 bits per heavy atom. The van der Waals surface area contributed by atoms with Crippen molar-refractivity contribution in [3.05, 3.63) is 24.3 Å². The third-order valence-electron chi connectivity index (χ3n) is 9.20. The predicted octanol–water partition coefficient (Wildman–Crippen LogP) is 12.0. The molecule has 0 saturated heterocycles. The van der Waals surface area contributed by atoms with Gasteiger partial charge in [0.25, 0.3) is 0 Å². The van der Waals surface area contributed by atoms with Gasteiger partial charge in [-0.15, -0.1) is 0 Å². The largest absolute Gasteiger partial charge is 0.472 e. The lowest BCUT2D eigenvalue weighted by molar-refractivity contribution is -0.870. The molecule has 0 aliphatic heterocycles. The molecular weight excluding hydrogens is 689 g/mol. The average Bonchev–Trinajstić information content (AvgIpc) is 3.10. The maximum atomic E-state index is 12.7. The van der Waals surface area contributed by atoms with E-state index in [2.05, 4.69) is 38.2 Å². The van der Waals surface area contributed by atoms with Crippen LogP contribution in [0.25, 0.3) is 0 Å². The first-order valence-electron chi connectivity index (χ1n) is 21.6. The Labute approximate surface area is 326 Å². The second-order valence-electron chi connectivity index (χ2n) is 15.7. The van der Waals surface area contributed by atoms with Gasteiger partial charge in [0.15, 0.2) is 6.10 Å². The molecule has 0 rings (SSSR count). The quantitative estimate of drug-likeness (QED) is 0.0216. The van der Waals surface area contributed by atoms with Crippen molar-refractivity contribution in [2.45, 2.75) is 193 Å². The van der Waals surface area contributed by atoms with Crippen molar-refractivity contribution in [1.29, 1.82) is 0 Å². The zero-order valence-corrected chi connectivity index (χ0v) is 35.9. The molecule has 1 N–H and O–H groups in total. The van der Waals surface area contributed by atoms with Gasteiger partial charge in [0.2, 0.25) is 0 Å². The van der Waals surface area contributed by atoms with Gasteiger partial charge in [-0.05, 0) is 64.2 Å². The Kier molecular flexibility index (Phi) is 35.1. The first kappa shape index (κ1) is 51.5. The molecule has 0 aromatic carbocycles. The molecule has 312 valence electrons. The first-order valence-corrected chi connectivity index (χ1v) is 23.1. The minimum atomic E-state index is -4.37. The summed E-state index contributed by atoms with van der Waals surface area (Å²) in [6.45, 7) is 4.39. The highest BCUT2D eigenvalue weighted by Crippen LogP contribution is 2.43. The molecule has 10 heteroatoms. The Morgan fingerprint density at radius 3 is 1.40 bits per heavy atom. The molecular formula is C43H83NO8P+. The predicted molar refractivity (Wildman–Crippen MR) is 220 cm³/mol. The highest BCUT2D eigenvalue weighted by atomic mass is 31.2. The summed E-state index contributed by atoms with van der Waals surface area (Å²) in [6, 6.07) is 0. The molecule has 0 bridgehead atoms. The lowest BCUT2D eigenvalue weighted by atomic mass is 10.1. The van der Waals surface area contributed by atoms with Gasteiger partial charge in [0.05, 0.1) is 27.7 Å². The normalized spacial score (nSPS) is 13.8. The number of allylic oxidation sites excluding steroid dienone is 4. The second kappa shape index (κ2) is 36.1. The fourth-order valence-electron chi connectivity index (χ4n) is 5.77. The minimum Gasteiger partial charge on any atom is -0.462 e. The number of likely N-dealkylation sites (N-methyl/N-ethyl adjacent to an activating group) is 1. The number of carbonyl (C=O) groups excluding carboxylic acids is 2. The van der Waals surface area contributed by atoms with E-state index in [1.54, 1.807) is 0 Å². The highest BCUT2D eigenvalue weighted by molar-refractivity contribution is 7.47. The lowest BCUT2D eigenvalue weighted by Gasteiger charge is -2.24. The van der Waals surface area contributed by atoms with Crippen molar-refractivity contribution >= 4 is 19.8 Å². The zero-order chi connectivity index (χ0) is 39.3. The van der Waals surface area contributed by atoms with E-state index < -0.39 is 26.5 Å². The molecule has 1 unspecified atom stereocenters. The third kappa shape index (κ3) is 40.0. The Balaban J connectivity index is 4.40. The van der Waals surface area contributed by atoms with Gasteiger partial charge in [0.1, 0.15) is 19.8 Å². The molecule has 2 atom stereocenters. The summed E-state index contributed by atoms with van der Waals surface area (Å²) in [5.74, 6) is -0.815. The zero-order valence-electron chi connectivity index (χ0n) is 35.0. The van der Waals surface area contributed by atoms with Crippen LogP contribution in [0.1, 0.15) is 187 Å². The van der Waals surface area contributed by atoms with Crippen molar-refractivity contribution in [3.63, 3.8) is 0 Å². The van der Waals surface area contributed by atoms with Crippen LogP contribution in [0.5, 0.6) is 0 Å². The maximum Gasteiger partial charge on any atom is 0.472 e. The van der Waals surface area contributed by atoms with E-state index in [1.165, 1.54) is 83.5 Å². The van der Waals surface area contributed by atoms with Gasteiger partial charge in [-0.2, -0.15) is 0 Å². The molecule has 0 heterocycles. The van der Waals surface area contributed by atoms with Crippen LogP contribution in [0, 0.1) is 0 Å². The number of nitrogens with zero attached hydrogens (tertiary/aromatic N) is 1. The highest BCUT2D eigenvalue weighted by Gasteiger charge is 2.27. The SMILES string of the molecule is CCCCCCC/C=C/CCCCCCCC(=O)OC[C@H](COP(=O)(O)OCC[N+](C)(C)C)OC(=O)CCCCCCC/C=C/CCCCCCCC. The summed E-state index contributed by atoms with van der Waals surface area (Å²) in [7, 11) is 1.47. The summed E-state index contributed by atoms with van der Waals surface area (Å²) >= 11 is 0. The monoisotopic (exact) mass is 773 g/mol. The van der Waals surface area contributed by atoms with Gasteiger partial charge in [-0.1, -0.05) is 134 Å². The molecule has 0 aromatic heterocycles. The number of quaternary nitrogens is 1. The van der Waals surface area contributed by atoms with Gasteiger partial charge in [-0.3, -0.25) is 18.6 Å². The third-order valence-corrected chi connectivity index (χ3v) is 10.2. The second-order valence-corrected chi connectivity index (χ2v) is 17.2. The van der Waals surface area contributed by atoms with Crippen LogP contribution in [0.15, 0.2) is 24.3 Å². The van der Waals surface area contributed by atoms with Crippen LogP contribution in [0.4, 0.5) is 0 Å². The van der Waals surface area contributed by atoms with Crippen LogP contribution in [0.3, 0.4) is 0 Å². The number of hydrogen-bond donors (Lipinski definition) is 1. The van der Waals surface area contributed by atoms with Crippen molar-refractivity contribution in [3.8, 4) is 0 Å². The van der Waals surface area contributed by atoms with E-state index in [4.69, 9.17) is 18.5 Å². The van der Waals surface area contributed by atoms with Gasteiger partial charge in [0, 0.05) is 12.8 Å². The molecule has 0 amide bonds. The summed E-state index contributed by atoms with van der Waals surface area (Å²) in [6.07, 6.45) is 37.9. The van der Waals surface area contributed by atoms with Crippen LogP contribution >= 0.6 is 7.82 Å². The average molecular weight is 773 g/mol. The van der Waals surface area contributed by atoms with Crippen LogP contribution < -0.4 is 0 Å². The number of esters is 2. The van der Waals surface area contributed by atoms with Crippen molar-refractivity contribution in [2.24, 2.45) is 0 Å². The molecule has 0 aromatic rings. The van der Waals surface area contributed by atoms with Crippen LogP contribution in [0.2, 0.25) is 0 Å². The van der Waals surface area contributed by atoms with E-state index >= 15 is 0 Å². The van der Waals surface area contributed by atoms with Crippen LogP contribution in [-0.4, -0.2) is 74.9 Å². The number of hydrogen-bond acceptors (Lipinski definition) is 7. The van der Waals surface area contributed by atoms with E-state index in [9.17, 15) is 19.0 Å². The molecule has 9 nitrogen and oxygen atoms in total. The number of ether oxygens (including phenoxy) is 2. The Hall–Kier alpha value is -1.51. The first-order chi connectivity index (χ1) is 25.5. The summed E-state index contributed by atoms with van der Waals surface area (Å²) in [5, 5.41) is 0. The van der Waals surface area contributed by atoms with Crippen molar-refractivity contribution in [1.82, 2.24) is 0 Å². The van der Waals surface area contributed by atoms with Gasteiger partial charge in [-0.25, -0.2) is 4.57 Å². The molecule has 0 aliphatic carbocycles. The Morgan fingerprint density at radius 1 is 0.566 bits per heavy atom. The smallest absolute Gasteiger partial charge is 0.462 e. The molecule has 0 radical (unpaired) electrons. The molecule has 53 heavy (non-hydrogen) atoms. The van der Waals surface area contributed by atoms with E-state index in [0.717, 1.165) is 70.6 Å². The Bertz CT molecular complexity index is 964. The van der Waals surface area contributed by atoms with Gasteiger partial charge < -0.3 is 18.9 Å². The number of phosphoric acid groups is 1. The van der Waals surface area contributed by atoms with Gasteiger partial charge >= 0.3 is 19.8 Å². The van der Waals surface area contributed by atoms with Crippen LogP contribution in [-0.2, 0) is 32.7 Å². The summed E-state index contributed by atoms with van der Waals surface area (Å²) in [4.78, 5) is 35.3. The van der Waals surface area contributed by atoms with E-state index in [0.29, 0.717) is 17.4 Å². The minimum absolute atomic E-state index is 0.0299. The van der Waals surface area contributed by atoms with Crippen molar-refractivity contribution < 1.29 is 42.1 Å². The fourth-order valence-corrected chi connectivity index (χ4v) is 6.51. The fraction of sp³-hybridized carbons (Fsp3) is 0.860. The standard InChI is InChI=1S/C43H82NO8P/c1-6-8-10-12-14-16-18-20-22-24-26-28-30-32-34-36-43(46)52-41(40-51-53(47,48)50-38-37-44(3,4)5)39-49-42(45)35-33-31-29-27-25-23-21-19-17-15-13-11-9-7-2/h19-22,41H,6-18,23-40H2,1-5H3/p+1/b21-19+,22-20+/t41-/m1/s1. The number of phosphoric ester groups is 1. The molecule has 0 aliphatic rings. The number of carbonyl (C=O) groups is 2. The summed E-state index contributed by atoms with van der Waals surface area (Å²) < 4.78 is 34.3. The number of unbranched alkanes of at least 4 members (excludes halogenated alkanes) is 21. The lowest BCUT2D eigenvalue weighted by Crippen LogP contribution is -2.37. The summed E-state index contributed by atoms with van der Waals surface area (Å²) in [5.41, 5.74) is 0. The molecule has 0 saturated carbocycles. The van der Waals surface area contributed by atoms with E-state index in [-0.39, 0.29) is 32.0 Å². The maximum absolute atomic E-state index is 12.7. The molecule has 0 fully saturated rings.